The van der Waals surface area contributed by atoms with E-state index in [0.29, 0.717) is 6.07 Å². The molecule has 0 saturated carbocycles. The lowest BCUT2D eigenvalue weighted by molar-refractivity contribution is -0.137. The van der Waals surface area contributed by atoms with Crippen LogP contribution >= 0.6 is 0 Å². The highest BCUT2D eigenvalue weighted by atomic mass is 19.1. The predicted octanol–water partition coefficient (Wildman–Crippen LogP) is 2.43. The molecule has 1 N–H and O–H groups in total. The second-order valence-electron chi connectivity index (χ2n) is 2.91. The summed E-state index contributed by atoms with van der Waals surface area (Å²) in [6.45, 7) is 1.75. The molecule has 0 aliphatic heterocycles. The molecule has 0 aliphatic carbocycles. The van der Waals surface area contributed by atoms with Gasteiger partial charge < -0.3 is 9.84 Å². The summed E-state index contributed by atoms with van der Waals surface area (Å²) in [5, 5.41) is 9.39. The smallest absolute Gasteiger partial charge is 0.334 e. The number of halogens is 2. The van der Waals surface area contributed by atoms with Crippen LogP contribution in [0, 0.1) is 11.6 Å². The van der Waals surface area contributed by atoms with E-state index < -0.39 is 23.4 Å². The number of benzene rings is 1. The molecular weight excluding hydrogens is 218 g/mol. The van der Waals surface area contributed by atoms with Crippen molar-refractivity contribution in [1.29, 1.82) is 0 Å². The molecule has 86 valence electrons. The van der Waals surface area contributed by atoms with Crippen LogP contribution in [0.15, 0.2) is 24.3 Å². The Bertz CT molecular complexity index is 427. The summed E-state index contributed by atoms with van der Waals surface area (Å²) in [5.41, 5.74) is -0.255. The van der Waals surface area contributed by atoms with E-state index >= 15 is 0 Å². The third-order valence-electron chi connectivity index (χ3n) is 1.75. The van der Waals surface area contributed by atoms with Crippen molar-refractivity contribution in [3.8, 4) is 0 Å². The number of aliphatic hydroxyl groups excluding tert-OH is 1. The average molecular weight is 228 g/mol. The molecule has 3 nitrogen and oxygen atoms in total. The normalized spacial score (nSPS) is 11.3. The first-order valence-electron chi connectivity index (χ1n) is 4.57. The van der Waals surface area contributed by atoms with Gasteiger partial charge in [0.1, 0.15) is 17.4 Å². The molecule has 0 aliphatic rings. The standard InChI is InChI=1S/C11H10F2O3/c1-2-16-11(15)6-10(14)8-4-3-7(12)5-9(8)13/h3-6,14H,2H2,1H3. The van der Waals surface area contributed by atoms with Crippen molar-refractivity contribution in [2.24, 2.45) is 0 Å². The van der Waals surface area contributed by atoms with Crippen LogP contribution in [0.5, 0.6) is 0 Å². The number of hydrogen-bond donors (Lipinski definition) is 1. The Morgan fingerprint density at radius 1 is 1.50 bits per heavy atom. The lowest BCUT2D eigenvalue weighted by atomic mass is 10.1. The Kier molecular flexibility index (Phi) is 3.99. The number of rotatable bonds is 3. The fraction of sp³-hybridized carbons (Fsp3) is 0.182. The number of carbonyl (C=O) groups is 1. The molecule has 1 aromatic rings. The molecule has 0 aromatic heterocycles. The van der Waals surface area contributed by atoms with E-state index in [9.17, 15) is 18.7 Å². The van der Waals surface area contributed by atoms with Crippen LogP contribution in [-0.4, -0.2) is 17.7 Å². The molecular formula is C11H10F2O3. The van der Waals surface area contributed by atoms with Gasteiger partial charge in [0.25, 0.3) is 0 Å². The summed E-state index contributed by atoms with van der Waals surface area (Å²) in [6.07, 6.45) is 0.736. The fourth-order valence-electron chi connectivity index (χ4n) is 1.07. The van der Waals surface area contributed by atoms with Crippen molar-refractivity contribution in [3.63, 3.8) is 0 Å². The van der Waals surface area contributed by atoms with Crippen LogP contribution in [0.2, 0.25) is 0 Å². The number of aliphatic hydroxyl groups is 1. The Labute approximate surface area is 91.0 Å². The van der Waals surface area contributed by atoms with Gasteiger partial charge in [-0.05, 0) is 19.1 Å². The molecule has 16 heavy (non-hydrogen) atoms. The highest BCUT2D eigenvalue weighted by Crippen LogP contribution is 2.16. The van der Waals surface area contributed by atoms with Crippen LogP contribution in [0.25, 0.3) is 5.76 Å². The Hall–Kier alpha value is -1.91. The van der Waals surface area contributed by atoms with Gasteiger partial charge in [-0.2, -0.15) is 0 Å². The van der Waals surface area contributed by atoms with E-state index in [1.54, 1.807) is 6.92 Å². The quantitative estimate of drug-likeness (QED) is 0.491. The summed E-state index contributed by atoms with van der Waals surface area (Å²) < 4.78 is 30.2. The summed E-state index contributed by atoms with van der Waals surface area (Å²) in [6, 6.07) is 2.63. The van der Waals surface area contributed by atoms with Crippen LogP contribution in [-0.2, 0) is 9.53 Å². The molecule has 0 bridgehead atoms. The van der Waals surface area contributed by atoms with Gasteiger partial charge in [0.2, 0.25) is 0 Å². The van der Waals surface area contributed by atoms with Gasteiger partial charge in [0.05, 0.1) is 18.2 Å². The lowest BCUT2D eigenvalue weighted by Crippen LogP contribution is -2.01. The summed E-state index contributed by atoms with van der Waals surface area (Å²) in [7, 11) is 0. The van der Waals surface area contributed by atoms with E-state index in [4.69, 9.17) is 0 Å². The van der Waals surface area contributed by atoms with Gasteiger partial charge in [0.15, 0.2) is 0 Å². The highest BCUT2D eigenvalue weighted by molar-refractivity contribution is 5.89. The maximum atomic E-state index is 13.1. The molecule has 0 atom stereocenters. The van der Waals surface area contributed by atoms with Crippen molar-refractivity contribution in [2.45, 2.75) is 6.92 Å². The first-order valence-corrected chi connectivity index (χ1v) is 4.57. The van der Waals surface area contributed by atoms with Crippen molar-refractivity contribution in [3.05, 3.63) is 41.5 Å². The molecule has 0 saturated heterocycles. The van der Waals surface area contributed by atoms with E-state index in [0.717, 1.165) is 18.2 Å². The van der Waals surface area contributed by atoms with Crippen LogP contribution in [0.3, 0.4) is 0 Å². The first kappa shape index (κ1) is 12.2. The monoisotopic (exact) mass is 228 g/mol. The number of hydrogen-bond acceptors (Lipinski definition) is 3. The topological polar surface area (TPSA) is 46.5 Å². The van der Waals surface area contributed by atoms with Gasteiger partial charge in [-0.1, -0.05) is 0 Å². The summed E-state index contributed by atoms with van der Waals surface area (Å²) in [5.74, 6) is -3.09. The van der Waals surface area contributed by atoms with Crippen molar-refractivity contribution in [2.75, 3.05) is 6.61 Å². The first-order chi connectivity index (χ1) is 7.54. The maximum Gasteiger partial charge on any atom is 0.334 e. The molecule has 0 radical (unpaired) electrons. The Morgan fingerprint density at radius 2 is 2.19 bits per heavy atom. The SMILES string of the molecule is CCOC(=O)C=C(O)c1ccc(F)cc1F. The predicted molar refractivity (Wildman–Crippen MR) is 53.6 cm³/mol. The van der Waals surface area contributed by atoms with Crippen molar-refractivity contribution >= 4 is 11.7 Å². The number of esters is 1. The minimum Gasteiger partial charge on any atom is -0.507 e. The summed E-state index contributed by atoms with van der Waals surface area (Å²) >= 11 is 0. The molecule has 0 fully saturated rings. The second-order valence-corrected chi connectivity index (χ2v) is 2.91. The molecule has 1 rings (SSSR count). The second kappa shape index (κ2) is 5.25. The molecule has 5 heteroatoms. The average Bonchev–Trinajstić information content (AvgIpc) is 2.17. The molecule has 0 unspecified atom stereocenters. The van der Waals surface area contributed by atoms with Gasteiger partial charge in [-0.15, -0.1) is 0 Å². The minimum absolute atomic E-state index is 0.147. The third-order valence-corrected chi connectivity index (χ3v) is 1.75. The van der Waals surface area contributed by atoms with Gasteiger partial charge in [0, 0.05) is 6.07 Å². The van der Waals surface area contributed by atoms with E-state index in [2.05, 4.69) is 4.74 Å². The maximum absolute atomic E-state index is 13.1. The molecule has 0 heterocycles. The highest BCUT2D eigenvalue weighted by Gasteiger charge is 2.09. The molecule has 0 spiro atoms. The minimum atomic E-state index is -0.946. The van der Waals surface area contributed by atoms with Gasteiger partial charge in [-0.3, -0.25) is 0 Å². The lowest BCUT2D eigenvalue weighted by Gasteiger charge is -2.02. The number of ether oxygens (including phenoxy) is 1. The zero-order chi connectivity index (χ0) is 12.1. The van der Waals surface area contributed by atoms with Crippen LogP contribution in [0.4, 0.5) is 8.78 Å². The van der Waals surface area contributed by atoms with Crippen molar-refractivity contribution in [1.82, 2.24) is 0 Å². The Morgan fingerprint density at radius 3 is 2.75 bits per heavy atom. The van der Waals surface area contributed by atoms with E-state index in [1.807, 2.05) is 0 Å². The molecule has 0 amide bonds. The van der Waals surface area contributed by atoms with E-state index in [1.165, 1.54) is 0 Å². The molecule has 1 aromatic carbocycles. The third kappa shape index (κ3) is 3.05. The Balaban J connectivity index is 2.96. The zero-order valence-electron chi connectivity index (χ0n) is 8.54. The van der Waals surface area contributed by atoms with E-state index in [-0.39, 0.29) is 12.2 Å². The largest absolute Gasteiger partial charge is 0.507 e. The summed E-state index contributed by atoms with van der Waals surface area (Å²) in [4.78, 5) is 10.9. The van der Waals surface area contributed by atoms with Gasteiger partial charge >= 0.3 is 5.97 Å². The van der Waals surface area contributed by atoms with Gasteiger partial charge in [-0.25, -0.2) is 13.6 Å². The van der Waals surface area contributed by atoms with Crippen molar-refractivity contribution < 1.29 is 23.4 Å². The number of carbonyl (C=O) groups excluding carboxylic acids is 1. The fourth-order valence-corrected chi connectivity index (χ4v) is 1.07. The van der Waals surface area contributed by atoms with Crippen LogP contribution < -0.4 is 0 Å². The zero-order valence-corrected chi connectivity index (χ0v) is 8.54. The van der Waals surface area contributed by atoms with Crippen LogP contribution in [0.1, 0.15) is 12.5 Å².